The number of benzene rings is 2. The van der Waals surface area contributed by atoms with Crippen molar-refractivity contribution in [3.63, 3.8) is 0 Å². The topological polar surface area (TPSA) is 55.1 Å². The molecule has 2 aromatic rings. The molecule has 3 heteroatoms. The molecule has 1 amide bonds. The molecule has 1 atom stereocenters. The number of carbonyl (C=O) groups excluding carboxylic acids is 1. The van der Waals surface area contributed by atoms with Crippen LogP contribution in [0.15, 0.2) is 54.6 Å². The molecule has 0 aromatic heterocycles. The van der Waals surface area contributed by atoms with Crippen molar-refractivity contribution in [3.05, 3.63) is 65.7 Å². The predicted molar refractivity (Wildman–Crippen MR) is 82.5 cm³/mol. The van der Waals surface area contributed by atoms with Gasteiger partial charge in [0.05, 0.1) is 0 Å². The number of nitrogens with two attached hydrogens (primary N) is 1. The smallest absolute Gasteiger partial charge is 0.244 e. The summed E-state index contributed by atoms with van der Waals surface area (Å²) in [5.41, 5.74) is 8.52. The fraction of sp³-hybridized carbons (Fsp3) is 0.235. The molecule has 0 radical (unpaired) electrons. The largest absolute Gasteiger partial charge is 0.370 e. The Labute approximate surface area is 119 Å². The van der Waals surface area contributed by atoms with Gasteiger partial charge in [-0.25, -0.2) is 0 Å². The van der Waals surface area contributed by atoms with E-state index in [9.17, 15) is 4.79 Å². The molecule has 0 saturated carbocycles. The minimum absolute atomic E-state index is 0.385. The van der Waals surface area contributed by atoms with Gasteiger partial charge in [-0.1, -0.05) is 56.3 Å². The van der Waals surface area contributed by atoms with Gasteiger partial charge in [-0.15, -0.1) is 0 Å². The molecule has 2 aromatic carbocycles. The van der Waals surface area contributed by atoms with Crippen LogP contribution in [0.3, 0.4) is 0 Å². The van der Waals surface area contributed by atoms with Gasteiger partial charge in [-0.2, -0.15) is 0 Å². The third-order valence-corrected chi connectivity index (χ3v) is 3.31. The van der Waals surface area contributed by atoms with Gasteiger partial charge in [-0.3, -0.25) is 4.79 Å². The second kappa shape index (κ2) is 6.24. The maximum Gasteiger partial charge on any atom is 0.244 e. The van der Waals surface area contributed by atoms with E-state index in [4.69, 9.17) is 5.73 Å². The van der Waals surface area contributed by atoms with Gasteiger partial charge in [0.1, 0.15) is 6.04 Å². The van der Waals surface area contributed by atoms with Crippen LogP contribution >= 0.6 is 0 Å². The molecule has 20 heavy (non-hydrogen) atoms. The summed E-state index contributed by atoms with van der Waals surface area (Å²) in [6.07, 6.45) is 0. The van der Waals surface area contributed by atoms with Crippen LogP contribution in [-0.4, -0.2) is 5.91 Å². The molecular weight excluding hydrogens is 248 g/mol. The summed E-state index contributed by atoms with van der Waals surface area (Å²) in [4.78, 5) is 11.6. The number of nitrogens with one attached hydrogen (secondary N) is 1. The first-order valence-electron chi connectivity index (χ1n) is 6.78. The summed E-state index contributed by atoms with van der Waals surface area (Å²) in [5, 5.41) is 3.19. The molecule has 3 N–H and O–H groups in total. The third kappa shape index (κ3) is 3.38. The van der Waals surface area contributed by atoms with Gasteiger partial charge < -0.3 is 11.1 Å². The SMILES string of the molecule is CC(C)c1ccc(NC(C(N)=O)c2ccccc2)cc1. The van der Waals surface area contributed by atoms with E-state index in [0.29, 0.717) is 5.92 Å². The van der Waals surface area contributed by atoms with Gasteiger partial charge in [-0.05, 0) is 29.2 Å². The van der Waals surface area contributed by atoms with E-state index in [1.807, 2.05) is 42.5 Å². The highest BCUT2D eigenvalue weighted by molar-refractivity contribution is 5.84. The Bertz CT molecular complexity index is 561. The van der Waals surface area contributed by atoms with Crippen LogP contribution in [-0.2, 0) is 4.79 Å². The van der Waals surface area contributed by atoms with Crippen LogP contribution in [0, 0.1) is 0 Å². The van der Waals surface area contributed by atoms with Crippen molar-refractivity contribution in [1.29, 1.82) is 0 Å². The van der Waals surface area contributed by atoms with Crippen LogP contribution in [0.1, 0.15) is 36.9 Å². The Hall–Kier alpha value is -2.29. The second-order valence-electron chi connectivity index (χ2n) is 5.17. The summed E-state index contributed by atoms with van der Waals surface area (Å²) in [5.74, 6) is 0.106. The maximum absolute atomic E-state index is 11.6. The highest BCUT2D eigenvalue weighted by atomic mass is 16.1. The van der Waals surface area contributed by atoms with E-state index >= 15 is 0 Å². The van der Waals surface area contributed by atoms with E-state index < -0.39 is 6.04 Å². The lowest BCUT2D eigenvalue weighted by atomic mass is 10.0. The zero-order valence-electron chi connectivity index (χ0n) is 11.8. The minimum Gasteiger partial charge on any atom is -0.370 e. The van der Waals surface area contributed by atoms with Gasteiger partial charge >= 0.3 is 0 Å². The zero-order chi connectivity index (χ0) is 14.5. The Morgan fingerprint density at radius 3 is 2.05 bits per heavy atom. The summed E-state index contributed by atoms with van der Waals surface area (Å²) in [7, 11) is 0. The average Bonchev–Trinajstić information content (AvgIpc) is 2.46. The molecule has 0 bridgehead atoms. The Morgan fingerprint density at radius 1 is 0.950 bits per heavy atom. The van der Waals surface area contributed by atoms with Crippen LogP contribution in [0.2, 0.25) is 0 Å². The highest BCUT2D eigenvalue weighted by Crippen LogP contribution is 2.22. The van der Waals surface area contributed by atoms with Crippen molar-refractivity contribution in [1.82, 2.24) is 0 Å². The number of anilines is 1. The Kier molecular flexibility index (Phi) is 4.41. The minimum atomic E-state index is -0.513. The number of amides is 1. The van der Waals surface area contributed by atoms with E-state index in [2.05, 4.69) is 31.3 Å². The van der Waals surface area contributed by atoms with E-state index in [1.165, 1.54) is 5.56 Å². The summed E-state index contributed by atoms with van der Waals surface area (Å²) in [6, 6.07) is 17.1. The van der Waals surface area contributed by atoms with Gasteiger partial charge in [0.25, 0.3) is 0 Å². The Morgan fingerprint density at radius 2 is 1.55 bits per heavy atom. The average molecular weight is 268 g/mol. The lowest BCUT2D eigenvalue weighted by Crippen LogP contribution is -2.27. The standard InChI is InChI=1S/C17H20N2O/c1-12(2)13-8-10-15(11-9-13)19-16(17(18)20)14-6-4-3-5-7-14/h3-12,16,19H,1-2H3,(H2,18,20). The molecule has 0 saturated heterocycles. The van der Waals surface area contributed by atoms with Crippen molar-refractivity contribution in [2.24, 2.45) is 5.73 Å². The lowest BCUT2D eigenvalue weighted by Gasteiger charge is -2.17. The van der Waals surface area contributed by atoms with Crippen LogP contribution in [0.25, 0.3) is 0 Å². The molecule has 0 heterocycles. The first kappa shape index (κ1) is 14.1. The van der Waals surface area contributed by atoms with Crippen molar-refractivity contribution < 1.29 is 4.79 Å². The monoisotopic (exact) mass is 268 g/mol. The van der Waals surface area contributed by atoms with Gasteiger partial charge in [0.2, 0.25) is 5.91 Å². The zero-order valence-corrected chi connectivity index (χ0v) is 11.8. The van der Waals surface area contributed by atoms with Crippen molar-refractivity contribution in [3.8, 4) is 0 Å². The second-order valence-corrected chi connectivity index (χ2v) is 5.17. The highest BCUT2D eigenvalue weighted by Gasteiger charge is 2.17. The fourth-order valence-electron chi connectivity index (χ4n) is 2.10. The Balaban J connectivity index is 2.19. The number of hydrogen-bond acceptors (Lipinski definition) is 2. The van der Waals surface area contributed by atoms with E-state index in [-0.39, 0.29) is 5.91 Å². The van der Waals surface area contributed by atoms with Crippen molar-refractivity contribution in [2.45, 2.75) is 25.8 Å². The summed E-state index contributed by atoms with van der Waals surface area (Å²) in [6.45, 7) is 4.30. The van der Waals surface area contributed by atoms with E-state index in [0.717, 1.165) is 11.3 Å². The molecule has 0 aliphatic rings. The lowest BCUT2D eigenvalue weighted by molar-refractivity contribution is -0.118. The predicted octanol–water partition coefficient (Wildman–Crippen LogP) is 3.45. The van der Waals surface area contributed by atoms with Crippen molar-refractivity contribution >= 4 is 11.6 Å². The number of carbonyl (C=O) groups is 1. The maximum atomic E-state index is 11.6. The normalized spacial score (nSPS) is 12.2. The first-order valence-corrected chi connectivity index (χ1v) is 6.78. The molecule has 104 valence electrons. The van der Waals surface area contributed by atoms with Crippen LogP contribution in [0.4, 0.5) is 5.69 Å². The van der Waals surface area contributed by atoms with E-state index in [1.54, 1.807) is 0 Å². The molecule has 0 aliphatic carbocycles. The summed E-state index contributed by atoms with van der Waals surface area (Å²) >= 11 is 0. The summed E-state index contributed by atoms with van der Waals surface area (Å²) < 4.78 is 0. The number of primary amides is 1. The molecule has 0 aliphatic heterocycles. The van der Waals surface area contributed by atoms with Gasteiger partial charge in [0.15, 0.2) is 0 Å². The molecular formula is C17H20N2O. The quantitative estimate of drug-likeness (QED) is 0.872. The van der Waals surface area contributed by atoms with Crippen molar-refractivity contribution in [2.75, 3.05) is 5.32 Å². The third-order valence-electron chi connectivity index (χ3n) is 3.31. The molecule has 0 fully saturated rings. The number of hydrogen-bond donors (Lipinski definition) is 2. The molecule has 1 unspecified atom stereocenters. The van der Waals surface area contributed by atoms with Crippen LogP contribution < -0.4 is 11.1 Å². The first-order chi connectivity index (χ1) is 9.58. The fourth-order valence-corrected chi connectivity index (χ4v) is 2.10. The molecule has 3 nitrogen and oxygen atoms in total. The molecule has 2 rings (SSSR count). The van der Waals surface area contributed by atoms with Gasteiger partial charge in [0, 0.05) is 5.69 Å². The number of rotatable bonds is 5. The molecule has 0 spiro atoms. The van der Waals surface area contributed by atoms with Crippen LogP contribution in [0.5, 0.6) is 0 Å².